The summed E-state index contributed by atoms with van der Waals surface area (Å²) in [4.78, 5) is 16.0. The minimum atomic E-state index is -0.447. The number of hydrogen-bond donors (Lipinski definition) is 3. The van der Waals surface area contributed by atoms with Crippen LogP contribution in [0.4, 0.5) is 0 Å². The number of halogens is 1. The molecule has 0 aliphatic rings. The van der Waals surface area contributed by atoms with Gasteiger partial charge in [-0.25, -0.2) is 0 Å². The fourth-order valence-electron chi connectivity index (χ4n) is 1.59. The lowest BCUT2D eigenvalue weighted by molar-refractivity contribution is -0.128. The Labute approximate surface area is 140 Å². The number of carbonyl (C=O) groups excluding carboxylic acids is 1. The highest BCUT2D eigenvalue weighted by Crippen LogP contribution is 2.13. The number of nitrogens with zero attached hydrogens (tertiary/aromatic N) is 1. The number of hydrogen-bond acceptors (Lipinski definition) is 2. The third kappa shape index (κ3) is 9.39. The molecule has 0 aliphatic carbocycles. The van der Waals surface area contributed by atoms with Crippen molar-refractivity contribution in [2.24, 2.45) is 10.4 Å². The van der Waals surface area contributed by atoms with Gasteiger partial charge in [0.2, 0.25) is 5.91 Å². The molecule has 3 N–H and O–H groups in total. The first kappa shape index (κ1) is 21.8. The summed E-state index contributed by atoms with van der Waals surface area (Å²) in [6.07, 6.45) is 3.56. The molecular weight excluding hydrogens is 367 g/mol. The van der Waals surface area contributed by atoms with Crippen molar-refractivity contribution in [3.63, 3.8) is 0 Å². The van der Waals surface area contributed by atoms with Crippen LogP contribution in [-0.4, -0.2) is 38.5 Å². The lowest BCUT2D eigenvalue weighted by Gasteiger charge is -2.24. The second-order valence-electron chi connectivity index (χ2n) is 5.30. The van der Waals surface area contributed by atoms with Gasteiger partial charge in [-0.1, -0.05) is 19.8 Å². The van der Waals surface area contributed by atoms with Gasteiger partial charge in [0.15, 0.2) is 5.96 Å². The molecule has 0 spiro atoms. The van der Waals surface area contributed by atoms with Gasteiger partial charge >= 0.3 is 0 Å². The lowest BCUT2D eigenvalue weighted by atomic mass is 9.92. The maximum Gasteiger partial charge on any atom is 0.227 e. The van der Waals surface area contributed by atoms with Gasteiger partial charge < -0.3 is 16.0 Å². The smallest absolute Gasteiger partial charge is 0.227 e. The van der Waals surface area contributed by atoms with E-state index >= 15 is 0 Å². The molecule has 5 nitrogen and oxygen atoms in total. The number of amides is 1. The molecule has 0 aromatic rings. The van der Waals surface area contributed by atoms with Crippen molar-refractivity contribution in [2.75, 3.05) is 26.7 Å². The van der Waals surface area contributed by atoms with Crippen molar-refractivity contribution in [1.29, 1.82) is 0 Å². The molecule has 1 amide bonds. The molecule has 20 heavy (non-hydrogen) atoms. The van der Waals surface area contributed by atoms with Crippen molar-refractivity contribution in [2.45, 2.75) is 47.0 Å². The predicted molar refractivity (Wildman–Crippen MR) is 96.8 cm³/mol. The van der Waals surface area contributed by atoms with E-state index in [0.717, 1.165) is 18.9 Å². The van der Waals surface area contributed by atoms with E-state index in [1.165, 1.54) is 12.8 Å². The van der Waals surface area contributed by atoms with E-state index in [1.54, 1.807) is 7.05 Å². The monoisotopic (exact) mass is 398 g/mol. The van der Waals surface area contributed by atoms with E-state index in [2.05, 4.69) is 27.9 Å². The Morgan fingerprint density at radius 2 is 1.75 bits per heavy atom. The highest BCUT2D eigenvalue weighted by atomic mass is 127. The van der Waals surface area contributed by atoms with Gasteiger partial charge in [-0.2, -0.15) is 0 Å². The molecule has 120 valence electrons. The average molecular weight is 398 g/mol. The van der Waals surface area contributed by atoms with Crippen molar-refractivity contribution >= 4 is 35.8 Å². The minimum Gasteiger partial charge on any atom is -0.356 e. The lowest BCUT2D eigenvalue weighted by Crippen LogP contribution is -2.48. The maximum atomic E-state index is 11.9. The van der Waals surface area contributed by atoms with Crippen LogP contribution in [-0.2, 0) is 4.79 Å². The molecule has 0 bridgehead atoms. The van der Waals surface area contributed by atoms with Crippen LogP contribution >= 0.6 is 24.0 Å². The van der Waals surface area contributed by atoms with E-state index in [0.29, 0.717) is 13.1 Å². The first-order valence-electron chi connectivity index (χ1n) is 7.20. The number of carbonyl (C=O) groups is 1. The van der Waals surface area contributed by atoms with Gasteiger partial charge in [0.05, 0.1) is 5.41 Å². The Bertz CT molecular complexity index is 293. The zero-order valence-electron chi connectivity index (χ0n) is 13.5. The molecule has 0 aromatic carbocycles. The fraction of sp³-hybridized carbons (Fsp3) is 0.857. The molecule has 0 aromatic heterocycles. The number of unbranched alkanes of at least 4 members (excludes halogenated alkanes) is 2. The fourth-order valence-corrected chi connectivity index (χ4v) is 1.59. The van der Waals surface area contributed by atoms with Crippen LogP contribution in [0, 0.1) is 5.41 Å². The number of rotatable bonds is 8. The van der Waals surface area contributed by atoms with Crippen molar-refractivity contribution in [3.8, 4) is 0 Å². The topological polar surface area (TPSA) is 65.5 Å². The zero-order valence-corrected chi connectivity index (χ0v) is 15.8. The molecule has 6 heteroatoms. The Morgan fingerprint density at radius 1 is 1.10 bits per heavy atom. The van der Waals surface area contributed by atoms with E-state index in [1.807, 2.05) is 20.8 Å². The normalized spacial score (nSPS) is 11.6. The number of nitrogens with one attached hydrogen (secondary N) is 3. The van der Waals surface area contributed by atoms with Crippen LogP contribution in [0.3, 0.4) is 0 Å². The molecule has 0 fully saturated rings. The maximum absolute atomic E-state index is 11.9. The molecule has 0 radical (unpaired) electrons. The van der Waals surface area contributed by atoms with Crippen LogP contribution in [0.2, 0.25) is 0 Å². The highest BCUT2D eigenvalue weighted by Gasteiger charge is 2.27. The highest BCUT2D eigenvalue weighted by molar-refractivity contribution is 14.0. The van der Waals surface area contributed by atoms with E-state index < -0.39 is 5.41 Å². The van der Waals surface area contributed by atoms with Gasteiger partial charge in [-0.05, 0) is 27.2 Å². The Hall–Kier alpha value is -0.530. The van der Waals surface area contributed by atoms with Gasteiger partial charge in [0, 0.05) is 26.7 Å². The Kier molecular flexibility index (Phi) is 13.3. The molecular formula is C14H31IN4O. The minimum absolute atomic E-state index is 0. The van der Waals surface area contributed by atoms with Crippen LogP contribution in [0.1, 0.15) is 47.0 Å². The average Bonchev–Trinajstić information content (AvgIpc) is 2.38. The summed E-state index contributed by atoms with van der Waals surface area (Å²) in [5.41, 5.74) is -0.447. The van der Waals surface area contributed by atoms with Gasteiger partial charge in [0.25, 0.3) is 0 Å². The Balaban J connectivity index is 0. The first-order chi connectivity index (χ1) is 8.97. The second-order valence-corrected chi connectivity index (χ2v) is 5.30. The molecule has 0 rings (SSSR count). The molecule has 0 atom stereocenters. The Morgan fingerprint density at radius 3 is 2.25 bits per heavy atom. The summed E-state index contributed by atoms with van der Waals surface area (Å²) in [5, 5.41) is 9.31. The molecule has 0 saturated heterocycles. The number of aliphatic imine (C=N–C) groups is 1. The standard InChI is InChI=1S/C14H30N4O.HI/c1-6-8-9-10-17-13(15-5)18-11-14(3,4)12(19)16-7-2;/h6-11H2,1-5H3,(H,16,19)(H2,15,17,18);1H. The predicted octanol–water partition coefficient (Wildman–Crippen LogP) is 2.12. The van der Waals surface area contributed by atoms with E-state index in [-0.39, 0.29) is 29.9 Å². The molecule has 0 unspecified atom stereocenters. The molecule has 0 aliphatic heterocycles. The van der Waals surface area contributed by atoms with Crippen LogP contribution < -0.4 is 16.0 Å². The second kappa shape index (κ2) is 12.2. The summed E-state index contributed by atoms with van der Waals surface area (Å²) >= 11 is 0. The first-order valence-corrected chi connectivity index (χ1v) is 7.20. The van der Waals surface area contributed by atoms with E-state index in [4.69, 9.17) is 0 Å². The molecule has 0 saturated carbocycles. The van der Waals surface area contributed by atoms with Crippen molar-refractivity contribution in [1.82, 2.24) is 16.0 Å². The summed E-state index contributed by atoms with van der Waals surface area (Å²) in [7, 11) is 1.74. The quantitative estimate of drug-likeness (QED) is 0.254. The zero-order chi connectivity index (χ0) is 14.7. The van der Waals surface area contributed by atoms with Crippen LogP contribution in [0.15, 0.2) is 4.99 Å². The summed E-state index contributed by atoms with van der Waals surface area (Å²) in [5.74, 6) is 0.817. The third-order valence-corrected chi connectivity index (χ3v) is 2.95. The van der Waals surface area contributed by atoms with Crippen LogP contribution in [0.5, 0.6) is 0 Å². The largest absolute Gasteiger partial charge is 0.356 e. The van der Waals surface area contributed by atoms with Gasteiger partial charge in [-0.15, -0.1) is 24.0 Å². The third-order valence-electron chi connectivity index (χ3n) is 2.95. The van der Waals surface area contributed by atoms with Crippen LogP contribution in [0.25, 0.3) is 0 Å². The van der Waals surface area contributed by atoms with Gasteiger partial charge in [-0.3, -0.25) is 9.79 Å². The van der Waals surface area contributed by atoms with Gasteiger partial charge in [0.1, 0.15) is 0 Å². The summed E-state index contributed by atoms with van der Waals surface area (Å²) < 4.78 is 0. The summed E-state index contributed by atoms with van der Waals surface area (Å²) in [6.45, 7) is 10.1. The van der Waals surface area contributed by atoms with Crippen molar-refractivity contribution in [3.05, 3.63) is 0 Å². The SMILES string of the molecule is CCCCCNC(=NC)NCC(C)(C)C(=O)NCC.I. The number of guanidine groups is 1. The molecule has 0 heterocycles. The summed E-state index contributed by atoms with van der Waals surface area (Å²) in [6, 6.07) is 0. The van der Waals surface area contributed by atoms with Crippen molar-refractivity contribution < 1.29 is 4.79 Å². The van der Waals surface area contributed by atoms with E-state index in [9.17, 15) is 4.79 Å².